The maximum Gasteiger partial charge on any atom is 0.135 e. The minimum atomic E-state index is 0.427. The van der Waals surface area contributed by atoms with E-state index < -0.39 is 0 Å². The van der Waals surface area contributed by atoms with Crippen molar-refractivity contribution in [3.63, 3.8) is 0 Å². The Balaban J connectivity index is 1.55. The number of fused-ring (bicyclic) bond motifs is 1. The summed E-state index contributed by atoms with van der Waals surface area (Å²) in [5.41, 5.74) is 0.969. The van der Waals surface area contributed by atoms with E-state index in [-0.39, 0.29) is 0 Å². The molecule has 1 N–H and O–H groups in total. The van der Waals surface area contributed by atoms with E-state index in [1.807, 2.05) is 13.0 Å². The highest BCUT2D eigenvalue weighted by molar-refractivity contribution is 5.04. The van der Waals surface area contributed by atoms with Crippen molar-refractivity contribution in [2.75, 3.05) is 6.54 Å². The second-order valence-electron chi connectivity index (χ2n) is 6.20. The minimum Gasteiger partial charge on any atom is -0.361 e. The van der Waals surface area contributed by atoms with Crippen LogP contribution in [0.3, 0.4) is 0 Å². The Labute approximate surface area is 124 Å². The Hall–Kier alpha value is -1.69. The molecule has 0 aliphatic carbocycles. The first-order valence-corrected chi connectivity index (χ1v) is 7.68. The number of aromatic nitrogens is 4. The van der Waals surface area contributed by atoms with Gasteiger partial charge in [0.1, 0.15) is 17.4 Å². The first-order valence-electron chi connectivity index (χ1n) is 7.68. The lowest BCUT2D eigenvalue weighted by Crippen LogP contribution is -2.30. The molecule has 1 atom stereocenters. The molecule has 2 aromatic rings. The number of hydrogen-bond acceptors (Lipinski definition) is 5. The maximum absolute atomic E-state index is 5.07. The summed E-state index contributed by atoms with van der Waals surface area (Å²) in [4.78, 5) is 0. The largest absolute Gasteiger partial charge is 0.361 e. The highest BCUT2D eigenvalue weighted by Crippen LogP contribution is 2.23. The van der Waals surface area contributed by atoms with Gasteiger partial charge in [0.2, 0.25) is 0 Å². The molecule has 0 radical (unpaired) electrons. The molecule has 0 spiro atoms. The molecule has 0 saturated carbocycles. The SMILES string of the molecule is Cc1cc(CNC[C@@H]2CCc3nnc(C(C)C)n3C2)no1. The molecule has 0 unspecified atom stereocenters. The van der Waals surface area contributed by atoms with Gasteiger partial charge in [-0.3, -0.25) is 0 Å². The fraction of sp³-hybridized carbons (Fsp3) is 0.667. The Bertz CT molecular complexity index is 601. The molecular formula is C15H23N5O. The molecule has 114 valence electrons. The zero-order chi connectivity index (χ0) is 14.8. The molecule has 0 amide bonds. The monoisotopic (exact) mass is 289 g/mol. The molecule has 0 bridgehead atoms. The Kier molecular flexibility index (Phi) is 4.05. The maximum atomic E-state index is 5.07. The molecular weight excluding hydrogens is 266 g/mol. The van der Waals surface area contributed by atoms with Crippen molar-refractivity contribution in [2.45, 2.75) is 52.6 Å². The summed E-state index contributed by atoms with van der Waals surface area (Å²) in [6, 6.07) is 1.97. The lowest BCUT2D eigenvalue weighted by Gasteiger charge is -2.25. The predicted molar refractivity (Wildman–Crippen MR) is 78.9 cm³/mol. The van der Waals surface area contributed by atoms with Crippen LogP contribution in [0.2, 0.25) is 0 Å². The van der Waals surface area contributed by atoms with Gasteiger partial charge >= 0.3 is 0 Å². The Morgan fingerprint density at radius 1 is 1.43 bits per heavy atom. The predicted octanol–water partition coefficient (Wildman–Crippen LogP) is 2.05. The van der Waals surface area contributed by atoms with E-state index in [1.54, 1.807) is 0 Å². The summed E-state index contributed by atoms with van der Waals surface area (Å²) in [6.07, 6.45) is 2.19. The Morgan fingerprint density at radius 3 is 3.00 bits per heavy atom. The second-order valence-corrected chi connectivity index (χ2v) is 6.20. The first-order chi connectivity index (χ1) is 10.1. The minimum absolute atomic E-state index is 0.427. The van der Waals surface area contributed by atoms with Gasteiger partial charge in [-0.25, -0.2) is 0 Å². The van der Waals surface area contributed by atoms with E-state index in [9.17, 15) is 0 Å². The van der Waals surface area contributed by atoms with Crippen LogP contribution in [0.25, 0.3) is 0 Å². The first kappa shape index (κ1) is 14.3. The van der Waals surface area contributed by atoms with Crippen molar-refractivity contribution >= 4 is 0 Å². The zero-order valence-electron chi connectivity index (χ0n) is 13.0. The van der Waals surface area contributed by atoms with Crippen LogP contribution in [0.15, 0.2) is 10.6 Å². The zero-order valence-corrected chi connectivity index (χ0v) is 13.0. The third kappa shape index (κ3) is 3.15. The third-order valence-electron chi connectivity index (χ3n) is 4.01. The summed E-state index contributed by atoms with van der Waals surface area (Å²) >= 11 is 0. The molecule has 0 aromatic carbocycles. The molecule has 1 aliphatic heterocycles. The fourth-order valence-corrected chi connectivity index (χ4v) is 2.92. The van der Waals surface area contributed by atoms with E-state index >= 15 is 0 Å². The van der Waals surface area contributed by atoms with Gasteiger partial charge in [-0.2, -0.15) is 0 Å². The molecule has 3 heterocycles. The summed E-state index contributed by atoms with van der Waals surface area (Å²) in [5.74, 6) is 4.17. The van der Waals surface area contributed by atoms with Gasteiger partial charge in [-0.1, -0.05) is 19.0 Å². The number of aryl methyl sites for hydroxylation is 2. The molecule has 2 aromatic heterocycles. The molecule has 6 nitrogen and oxygen atoms in total. The van der Waals surface area contributed by atoms with Gasteiger partial charge < -0.3 is 14.4 Å². The third-order valence-corrected chi connectivity index (χ3v) is 4.01. The Morgan fingerprint density at radius 2 is 2.29 bits per heavy atom. The molecule has 6 heteroatoms. The molecule has 0 fully saturated rings. The van der Waals surface area contributed by atoms with Crippen LogP contribution in [0.1, 0.15) is 49.3 Å². The van der Waals surface area contributed by atoms with Crippen molar-refractivity contribution in [1.29, 1.82) is 0 Å². The molecule has 1 aliphatic rings. The average Bonchev–Trinajstić information content (AvgIpc) is 3.04. The van der Waals surface area contributed by atoms with Crippen LogP contribution in [0.4, 0.5) is 0 Å². The van der Waals surface area contributed by atoms with E-state index in [1.165, 1.54) is 6.42 Å². The van der Waals surface area contributed by atoms with Crippen molar-refractivity contribution in [2.24, 2.45) is 5.92 Å². The number of hydrogen-bond donors (Lipinski definition) is 1. The smallest absolute Gasteiger partial charge is 0.135 e. The van der Waals surface area contributed by atoms with E-state index in [4.69, 9.17) is 4.52 Å². The summed E-state index contributed by atoms with van der Waals surface area (Å²) < 4.78 is 7.38. The van der Waals surface area contributed by atoms with Gasteiger partial charge in [-0.15, -0.1) is 10.2 Å². The van der Waals surface area contributed by atoms with Gasteiger partial charge in [0.05, 0.1) is 5.69 Å². The van der Waals surface area contributed by atoms with Crippen LogP contribution in [-0.2, 0) is 19.5 Å². The molecule has 21 heavy (non-hydrogen) atoms. The van der Waals surface area contributed by atoms with Crippen molar-refractivity contribution < 1.29 is 4.52 Å². The van der Waals surface area contributed by atoms with Crippen molar-refractivity contribution in [3.8, 4) is 0 Å². The topological polar surface area (TPSA) is 68.8 Å². The molecule has 0 saturated heterocycles. The number of nitrogens with one attached hydrogen (secondary N) is 1. The highest BCUT2D eigenvalue weighted by atomic mass is 16.5. The fourth-order valence-electron chi connectivity index (χ4n) is 2.92. The number of rotatable bonds is 5. The van der Waals surface area contributed by atoms with Crippen LogP contribution >= 0.6 is 0 Å². The van der Waals surface area contributed by atoms with Crippen LogP contribution in [-0.4, -0.2) is 26.5 Å². The highest BCUT2D eigenvalue weighted by Gasteiger charge is 2.23. The summed E-state index contributed by atoms with van der Waals surface area (Å²) in [7, 11) is 0. The van der Waals surface area contributed by atoms with Gasteiger partial charge in [0.25, 0.3) is 0 Å². The van der Waals surface area contributed by atoms with Gasteiger partial charge in [0, 0.05) is 38.0 Å². The quantitative estimate of drug-likeness (QED) is 0.912. The van der Waals surface area contributed by atoms with E-state index in [0.29, 0.717) is 11.8 Å². The van der Waals surface area contributed by atoms with Crippen molar-refractivity contribution in [1.82, 2.24) is 25.2 Å². The van der Waals surface area contributed by atoms with E-state index in [2.05, 4.69) is 39.1 Å². The van der Waals surface area contributed by atoms with Crippen LogP contribution in [0.5, 0.6) is 0 Å². The van der Waals surface area contributed by atoms with Crippen LogP contribution in [0, 0.1) is 12.8 Å². The standard InChI is InChI=1S/C15H23N5O/c1-10(2)15-18-17-14-5-4-12(9-20(14)15)7-16-8-13-6-11(3)21-19-13/h6,10,12,16H,4-5,7-9H2,1-3H3/t12-/m0/s1. The van der Waals surface area contributed by atoms with Crippen molar-refractivity contribution in [3.05, 3.63) is 29.2 Å². The van der Waals surface area contributed by atoms with Crippen LogP contribution < -0.4 is 5.32 Å². The number of nitrogens with zero attached hydrogens (tertiary/aromatic N) is 4. The second kappa shape index (κ2) is 5.97. The lowest BCUT2D eigenvalue weighted by atomic mass is 9.98. The summed E-state index contributed by atoms with van der Waals surface area (Å²) in [5, 5.41) is 16.1. The normalized spacial score (nSPS) is 18.2. The summed E-state index contributed by atoms with van der Waals surface area (Å²) in [6.45, 7) is 9.03. The van der Waals surface area contributed by atoms with Gasteiger partial charge in [-0.05, 0) is 19.3 Å². The lowest BCUT2D eigenvalue weighted by molar-refractivity contribution is 0.336. The van der Waals surface area contributed by atoms with Gasteiger partial charge in [0.15, 0.2) is 0 Å². The average molecular weight is 289 g/mol. The molecule has 3 rings (SSSR count). The van der Waals surface area contributed by atoms with E-state index in [0.717, 1.165) is 49.2 Å².